The number of carbonyl (C=O) groups is 3. The van der Waals surface area contributed by atoms with E-state index >= 15 is 0 Å². The highest BCUT2D eigenvalue weighted by molar-refractivity contribution is 9.09. The lowest BCUT2D eigenvalue weighted by Crippen LogP contribution is -2.57. The van der Waals surface area contributed by atoms with Crippen LogP contribution in [0.25, 0.3) is 0 Å². The normalized spacial score (nSPS) is 29.3. The zero-order valence-corrected chi connectivity index (χ0v) is 23.7. The molecule has 38 heavy (non-hydrogen) atoms. The summed E-state index contributed by atoms with van der Waals surface area (Å²) in [7, 11) is 0. The van der Waals surface area contributed by atoms with E-state index in [-0.39, 0.29) is 36.4 Å². The van der Waals surface area contributed by atoms with Crippen LogP contribution in [-0.2, 0) is 23.9 Å². The minimum Gasteiger partial charge on any atom is -0.461 e. The zero-order chi connectivity index (χ0) is 27.6. The molecule has 4 rings (SSSR count). The number of halogens is 1. The summed E-state index contributed by atoms with van der Waals surface area (Å²) in [6, 6.07) is 4.95. The van der Waals surface area contributed by atoms with Gasteiger partial charge in [0, 0.05) is 30.2 Å². The highest BCUT2D eigenvalue weighted by Gasteiger charge is 2.77. The number of unbranched alkanes of at least 4 members (excludes halogenated alkanes) is 2. The minimum absolute atomic E-state index is 0.0375. The van der Waals surface area contributed by atoms with E-state index in [4.69, 9.17) is 9.47 Å². The average molecular weight is 590 g/mol. The number of aliphatic hydroxyl groups excluding tert-OH is 1. The van der Waals surface area contributed by atoms with Crippen LogP contribution in [-0.4, -0.2) is 76.7 Å². The molecule has 6 atom stereocenters. The fraction of sp³-hybridized carbons (Fsp3) is 0.552. The molecule has 1 spiro atoms. The van der Waals surface area contributed by atoms with Crippen molar-refractivity contribution in [3.63, 3.8) is 0 Å². The van der Waals surface area contributed by atoms with Crippen LogP contribution in [0.3, 0.4) is 0 Å². The molecule has 1 N–H and O–H groups in total. The number of rotatable bonds is 12. The van der Waals surface area contributed by atoms with Crippen molar-refractivity contribution in [1.29, 1.82) is 0 Å². The van der Waals surface area contributed by atoms with E-state index in [0.717, 1.165) is 16.8 Å². The summed E-state index contributed by atoms with van der Waals surface area (Å²) in [5, 5.41) is 9.24. The number of para-hydroxylation sites is 1. The predicted octanol–water partition coefficient (Wildman–Crippen LogP) is 3.46. The van der Waals surface area contributed by atoms with Crippen LogP contribution in [0.4, 0.5) is 5.69 Å². The summed E-state index contributed by atoms with van der Waals surface area (Å²) in [6.45, 7) is 12.1. The molecule has 1 aromatic carbocycles. The largest absolute Gasteiger partial charge is 0.461 e. The molecule has 2 amide bonds. The standard InChI is InChI=1S/C29H37BrN2O6/c1-5-13-31(23-18(3)11-10-12-19(23)4)27(35)25-29-17-20(30)24(38-29)21(28(36)37-16-6-2)22(29)26(34)32(25)14-8-7-9-15-33/h5-6,10-12,20-22,24-25,33H,1-2,7-9,13-17H2,3-4H3/t20?,21-,22-,24-,25?,29?/m0/s1. The molecule has 0 radical (unpaired) electrons. The summed E-state index contributed by atoms with van der Waals surface area (Å²) in [5.41, 5.74) is 1.51. The monoisotopic (exact) mass is 588 g/mol. The Morgan fingerprint density at radius 3 is 2.58 bits per heavy atom. The first-order valence-corrected chi connectivity index (χ1v) is 14.1. The van der Waals surface area contributed by atoms with Gasteiger partial charge in [0.25, 0.3) is 5.91 Å². The first-order chi connectivity index (χ1) is 18.2. The Morgan fingerprint density at radius 1 is 1.24 bits per heavy atom. The molecule has 3 aliphatic rings. The Balaban J connectivity index is 1.78. The number of esters is 1. The number of amides is 2. The third-order valence-corrected chi connectivity index (χ3v) is 8.83. The average Bonchev–Trinajstić information content (AvgIpc) is 3.47. The summed E-state index contributed by atoms with van der Waals surface area (Å²) in [4.78, 5) is 44.9. The van der Waals surface area contributed by atoms with Gasteiger partial charge in [0.2, 0.25) is 5.91 Å². The van der Waals surface area contributed by atoms with E-state index in [1.165, 1.54) is 6.08 Å². The van der Waals surface area contributed by atoms with Gasteiger partial charge in [-0.3, -0.25) is 14.4 Å². The van der Waals surface area contributed by atoms with Gasteiger partial charge >= 0.3 is 5.97 Å². The van der Waals surface area contributed by atoms with Crippen molar-refractivity contribution in [1.82, 2.24) is 4.90 Å². The lowest BCUT2D eigenvalue weighted by Gasteiger charge is -2.37. The van der Waals surface area contributed by atoms with Gasteiger partial charge in [-0.05, 0) is 50.7 Å². The summed E-state index contributed by atoms with van der Waals surface area (Å²) in [5.74, 6) is -2.64. The Kier molecular flexibility index (Phi) is 8.79. The maximum atomic E-state index is 14.6. The van der Waals surface area contributed by atoms with E-state index in [2.05, 4.69) is 29.1 Å². The molecule has 8 nitrogen and oxygen atoms in total. The summed E-state index contributed by atoms with van der Waals surface area (Å²) in [6.07, 6.45) is 4.97. The molecule has 0 aliphatic carbocycles. The molecular weight excluding hydrogens is 552 g/mol. The van der Waals surface area contributed by atoms with E-state index in [0.29, 0.717) is 32.2 Å². The number of nitrogens with zero attached hydrogens (tertiary/aromatic N) is 2. The number of likely N-dealkylation sites (tertiary alicyclic amines) is 1. The Morgan fingerprint density at radius 2 is 1.95 bits per heavy atom. The molecule has 0 saturated carbocycles. The van der Waals surface area contributed by atoms with Gasteiger partial charge in [-0.2, -0.15) is 0 Å². The van der Waals surface area contributed by atoms with Crippen molar-refractivity contribution >= 4 is 39.4 Å². The molecule has 0 aromatic heterocycles. The first-order valence-electron chi connectivity index (χ1n) is 13.2. The smallest absolute Gasteiger partial charge is 0.312 e. The molecule has 3 fully saturated rings. The predicted molar refractivity (Wildman–Crippen MR) is 148 cm³/mol. The molecule has 2 bridgehead atoms. The molecular formula is C29H37BrN2O6. The van der Waals surface area contributed by atoms with Gasteiger partial charge in [-0.25, -0.2) is 0 Å². The van der Waals surface area contributed by atoms with E-state index in [1.54, 1.807) is 15.9 Å². The van der Waals surface area contributed by atoms with Gasteiger partial charge in [0.05, 0.1) is 17.9 Å². The fourth-order valence-corrected chi connectivity index (χ4v) is 7.47. The lowest BCUT2D eigenvalue weighted by molar-refractivity contribution is -0.153. The van der Waals surface area contributed by atoms with Crippen molar-refractivity contribution in [2.24, 2.45) is 11.8 Å². The van der Waals surface area contributed by atoms with Gasteiger partial charge in [0.1, 0.15) is 18.2 Å². The fourth-order valence-electron chi connectivity index (χ4n) is 6.53. The molecule has 3 heterocycles. The number of alkyl halides is 1. The van der Waals surface area contributed by atoms with Crippen LogP contribution < -0.4 is 4.90 Å². The van der Waals surface area contributed by atoms with Crippen molar-refractivity contribution in [2.75, 3.05) is 31.2 Å². The molecule has 3 unspecified atom stereocenters. The van der Waals surface area contributed by atoms with Gasteiger partial charge in [-0.15, -0.1) is 6.58 Å². The van der Waals surface area contributed by atoms with Crippen molar-refractivity contribution in [3.8, 4) is 0 Å². The number of aryl methyl sites for hydroxylation is 2. The van der Waals surface area contributed by atoms with Crippen LogP contribution >= 0.6 is 15.9 Å². The third-order valence-electron chi connectivity index (χ3n) is 7.98. The highest BCUT2D eigenvalue weighted by Crippen LogP contribution is 2.60. The van der Waals surface area contributed by atoms with Crippen molar-refractivity contribution < 1.29 is 29.0 Å². The minimum atomic E-state index is -1.15. The van der Waals surface area contributed by atoms with Gasteiger partial charge in [-0.1, -0.05) is 52.9 Å². The first kappa shape index (κ1) is 28.5. The van der Waals surface area contributed by atoms with E-state index in [9.17, 15) is 19.5 Å². The SMILES string of the molecule is C=CCOC(=O)[C@H]1[C@H]2C(=O)N(CCCCCO)C(C(=O)N(CC=C)c3c(C)cccc3C)C23CC(Br)[C@@H]1O3. The Labute approximate surface area is 232 Å². The number of benzene rings is 1. The summed E-state index contributed by atoms with van der Waals surface area (Å²) >= 11 is 3.68. The van der Waals surface area contributed by atoms with Gasteiger partial charge < -0.3 is 24.4 Å². The number of hydrogen-bond donors (Lipinski definition) is 1. The quantitative estimate of drug-likeness (QED) is 0.174. The summed E-state index contributed by atoms with van der Waals surface area (Å²) < 4.78 is 11.9. The molecule has 1 aromatic rings. The second kappa shape index (κ2) is 11.7. The maximum Gasteiger partial charge on any atom is 0.312 e. The highest BCUT2D eigenvalue weighted by atomic mass is 79.9. The van der Waals surface area contributed by atoms with Crippen molar-refractivity contribution in [2.45, 2.75) is 62.1 Å². The van der Waals surface area contributed by atoms with Crippen LogP contribution in [0.1, 0.15) is 36.8 Å². The second-order valence-electron chi connectivity index (χ2n) is 10.4. The maximum absolute atomic E-state index is 14.6. The van der Waals surface area contributed by atoms with Crippen LogP contribution in [0.15, 0.2) is 43.5 Å². The van der Waals surface area contributed by atoms with Crippen LogP contribution in [0.2, 0.25) is 0 Å². The number of carbonyl (C=O) groups excluding carboxylic acids is 3. The number of anilines is 1. The van der Waals surface area contributed by atoms with Gasteiger partial charge in [0.15, 0.2) is 0 Å². The number of ether oxygens (including phenoxy) is 2. The topological polar surface area (TPSA) is 96.4 Å². The molecule has 206 valence electrons. The molecule has 9 heteroatoms. The number of aliphatic hydroxyl groups is 1. The second-order valence-corrected chi connectivity index (χ2v) is 11.6. The number of fused-ring (bicyclic) bond motifs is 1. The molecule has 3 saturated heterocycles. The lowest BCUT2D eigenvalue weighted by atomic mass is 9.70. The van der Waals surface area contributed by atoms with Crippen LogP contribution in [0.5, 0.6) is 0 Å². The van der Waals surface area contributed by atoms with E-state index in [1.807, 2.05) is 32.0 Å². The third kappa shape index (κ3) is 4.73. The Hall–Kier alpha value is -2.49. The number of hydrogen-bond acceptors (Lipinski definition) is 6. The van der Waals surface area contributed by atoms with E-state index < -0.39 is 35.6 Å². The molecule has 3 aliphatic heterocycles. The van der Waals surface area contributed by atoms with Crippen LogP contribution in [0, 0.1) is 25.7 Å². The van der Waals surface area contributed by atoms with Crippen molar-refractivity contribution in [3.05, 3.63) is 54.6 Å². The zero-order valence-electron chi connectivity index (χ0n) is 22.1. The Bertz CT molecular complexity index is 1090.